The summed E-state index contributed by atoms with van der Waals surface area (Å²) in [6, 6.07) is 5.90. The number of hydrogen-bond acceptors (Lipinski definition) is 3. The number of likely N-dealkylation sites (N-methyl/N-ethyl adjacent to an activating group) is 2. The first-order chi connectivity index (χ1) is 11.0. The molecular formula is C17H24FN3O2. The van der Waals surface area contributed by atoms with E-state index >= 15 is 0 Å². The number of anilines is 1. The molecule has 2 amide bonds. The number of para-hydroxylation sites is 1. The second-order valence-corrected chi connectivity index (χ2v) is 5.73. The fraction of sp³-hybridized carbons (Fsp3) is 0.529. The van der Waals surface area contributed by atoms with Gasteiger partial charge in [0.15, 0.2) is 0 Å². The molecule has 6 heteroatoms. The van der Waals surface area contributed by atoms with Crippen LogP contribution in [0.4, 0.5) is 10.1 Å². The maximum atomic E-state index is 13.9. The summed E-state index contributed by atoms with van der Waals surface area (Å²) in [7, 11) is 1.77. The summed E-state index contributed by atoms with van der Waals surface area (Å²) in [5, 5.41) is 0. The molecule has 1 aromatic rings. The number of nitrogens with zero attached hydrogens (tertiary/aromatic N) is 3. The lowest BCUT2D eigenvalue weighted by Crippen LogP contribution is -2.45. The first-order valence-corrected chi connectivity index (χ1v) is 8.03. The summed E-state index contributed by atoms with van der Waals surface area (Å²) in [5.41, 5.74) is 0.309. The Hall–Kier alpha value is -1.95. The van der Waals surface area contributed by atoms with Gasteiger partial charge in [0, 0.05) is 19.6 Å². The van der Waals surface area contributed by atoms with Gasteiger partial charge < -0.3 is 9.80 Å². The number of carbonyl (C=O) groups excluding carboxylic acids is 2. The van der Waals surface area contributed by atoms with Gasteiger partial charge in [-0.15, -0.1) is 0 Å². The van der Waals surface area contributed by atoms with Crippen LogP contribution in [0, 0.1) is 5.82 Å². The molecule has 1 aromatic carbocycles. The molecule has 0 N–H and O–H groups in total. The van der Waals surface area contributed by atoms with Crippen LogP contribution in [0.15, 0.2) is 24.3 Å². The van der Waals surface area contributed by atoms with Crippen LogP contribution in [0.1, 0.15) is 20.3 Å². The Morgan fingerprint density at radius 1 is 1.30 bits per heavy atom. The van der Waals surface area contributed by atoms with Crippen molar-refractivity contribution in [2.75, 3.05) is 38.1 Å². The molecule has 126 valence electrons. The third-order valence-corrected chi connectivity index (χ3v) is 4.35. The Kier molecular flexibility index (Phi) is 5.71. The smallest absolute Gasteiger partial charge is 0.244 e. The van der Waals surface area contributed by atoms with Crippen molar-refractivity contribution in [3.8, 4) is 0 Å². The maximum absolute atomic E-state index is 13.9. The van der Waals surface area contributed by atoms with E-state index in [-0.39, 0.29) is 24.4 Å². The molecule has 2 rings (SSSR count). The number of hydrogen-bond donors (Lipinski definition) is 0. The molecule has 5 nitrogen and oxygen atoms in total. The van der Waals surface area contributed by atoms with Gasteiger partial charge >= 0.3 is 0 Å². The zero-order valence-corrected chi connectivity index (χ0v) is 14.0. The standard InChI is InChI=1S/C17H24FN3O2/c1-4-20(5-2)16(22)12-19(3)15-10-11-21(17(15)23)14-9-7-6-8-13(14)18/h6-9,15H,4-5,10-12H2,1-3H3. The van der Waals surface area contributed by atoms with Crippen LogP contribution in [0.2, 0.25) is 0 Å². The first kappa shape index (κ1) is 17.4. The SMILES string of the molecule is CCN(CC)C(=O)CN(C)C1CCN(c2ccccc2F)C1=O. The zero-order chi connectivity index (χ0) is 17.0. The Bertz CT molecular complexity index is 575. The quantitative estimate of drug-likeness (QED) is 0.801. The van der Waals surface area contributed by atoms with E-state index in [2.05, 4.69) is 0 Å². The molecule has 23 heavy (non-hydrogen) atoms. The minimum atomic E-state index is -0.400. The van der Waals surface area contributed by atoms with Crippen LogP contribution in [-0.4, -0.2) is 60.9 Å². The number of rotatable bonds is 6. The van der Waals surface area contributed by atoms with Crippen LogP contribution in [0.5, 0.6) is 0 Å². The second kappa shape index (κ2) is 7.55. The first-order valence-electron chi connectivity index (χ1n) is 8.03. The summed E-state index contributed by atoms with van der Waals surface area (Å²) < 4.78 is 13.9. The topological polar surface area (TPSA) is 43.9 Å². The predicted octanol–water partition coefficient (Wildman–Crippen LogP) is 1.73. The van der Waals surface area contributed by atoms with Crippen molar-refractivity contribution in [3.05, 3.63) is 30.1 Å². The van der Waals surface area contributed by atoms with Gasteiger partial charge in [-0.05, 0) is 39.4 Å². The molecule has 0 aromatic heterocycles. The van der Waals surface area contributed by atoms with Gasteiger partial charge in [-0.1, -0.05) is 12.1 Å². The third-order valence-electron chi connectivity index (χ3n) is 4.35. The van der Waals surface area contributed by atoms with Crippen molar-refractivity contribution in [1.82, 2.24) is 9.80 Å². The summed E-state index contributed by atoms with van der Waals surface area (Å²) in [6.45, 7) is 5.84. The van der Waals surface area contributed by atoms with Crippen LogP contribution < -0.4 is 4.90 Å². The van der Waals surface area contributed by atoms with Crippen molar-refractivity contribution >= 4 is 17.5 Å². The normalized spacial score (nSPS) is 17.9. The van der Waals surface area contributed by atoms with E-state index in [1.165, 1.54) is 11.0 Å². The van der Waals surface area contributed by atoms with Crippen molar-refractivity contribution in [2.45, 2.75) is 26.3 Å². The lowest BCUT2D eigenvalue weighted by Gasteiger charge is -2.26. The number of benzene rings is 1. The average molecular weight is 321 g/mol. The van der Waals surface area contributed by atoms with E-state index in [4.69, 9.17) is 0 Å². The molecular weight excluding hydrogens is 297 g/mol. The van der Waals surface area contributed by atoms with E-state index in [0.717, 1.165) is 0 Å². The van der Waals surface area contributed by atoms with Crippen molar-refractivity contribution in [1.29, 1.82) is 0 Å². The minimum Gasteiger partial charge on any atom is -0.342 e. The van der Waals surface area contributed by atoms with E-state index in [0.29, 0.717) is 31.7 Å². The lowest BCUT2D eigenvalue weighted by molar-refractivity contribution is -0.133. The molecule has 1 unspecified atom stereocenters. The van der Waals surface area contributed by atoms with Gasteiger partial charge in [0.1, 0.15) is 5.82 Å². The van der Waals surface area contributed by atoms with Crippen LogP contribution >= 0.6 is 0 Å². The summed E-state index contributed by atoms with van der Waals surface area (Å²) >= 11 is 0. The highest BCUT2D eigenvalue weighted by Gasteiger charge is 2.36. The molecule has 1 aliphatic heterocycles. The lowest BCUT2D eigenvalue weighted by atomic mass is 10.2. The van der Waals surface area contributed by atoms with Crippen molar-refractivity contribution in [3.63, 3.8) is 0 Å². The molecule has 1 saturated heterocycles. The highest BCUT2D eigenvalue weighted by Crippen LogP contribution is 2.26. The summed E-state index contributed by atoms with van der Waals surface area (Å²) in [4.78, 5) is 29.7. The highest BCUT2D eigenvalue weighted by atomic mass is 19.1. The predicted molar refractivity (Wildman–Crippen MR) is 87.7 cm³/mol. The molecule has 1 fully saturated rings. The fourth-order valence-corrected chi connectivity index (χ4v) is 2.98. The van der Waals surface area contributed by atoms with Crippen LogP contribution in [0.3, 0.4) is 0 Å². The van der Waals surface area contributed by atoms with Crippen molar-refractivity contribution in [2.24, 2.45) is 0 Å². The van der Waals surface area contributed by atoms with Gasteiger partial charge in [-0.25, -0.2) is 4.39 Å². The monoisotopic (exact) mass is 321 g/mol. The molecule has 0 aliphatic carbocycles. The van der Waals surface area contributed by atoms with E-state index < -0.39 is 5.82 Å². The summed E-state index contributed by atoms with van der Waals surface area (Å²) in [6.07, 6.45) is 0.592. The minimum absolute atomic E-state index is 0.00893. The second-order valence-electron chi connectivity index (χ2n) is 5.73. The largest absolute Gasteiger partial charge is 0.342 e. The van der Waals surface area contributed by atoms with Gasteiger partial charge in [-0.2, -0.15) is 0 Å². The number of halogens is 1. The van der Waals surface area contributed by atoms with E-state index in [1.54, 1.807) is 35.0 Å². The molecule has 0 bridgehead atoms. The van der Waals surface area contributed by atoms with Crippen LogP contribution in [0.25, 0.3) is 0 Å². The molecule has 0 spiro atoms. The Morgan fingerprint density at radius 2 is 1.96 bits per heavy atom. The molecule has 0 radical (unpaired) electrons. The van der Waals surface area contributed by atoms with E-state index in [1.807, 2.05) is 13.8 Å². The maximum Gasteiger partial charge on any atom is 0.244 e. The molecule has 1 aliphatic rings. The van der Waals surface area contributed by atoms with Crippen LogP contribution in [-0.2, 0) is 9.59 Å². The Balaban J connectivity index is 2.04. The van der Waals surface area contributed by atoms with E-state index in [9.17, 15) is 14.0 Å². The fourth-order valence-electron chi connectivity index (χ4n) is 2.98. The Labute approximate surface area is 136 Å². The van der Waals surface area contributed by atoms with Gasteiger partial charge in [-0.3, -0.25) is 14.5 Å². The number of amides is 2. The van der Waals surface area contributed by atoms with Gasteiger partial charge in [0.25, 0.3) is 0 Å². The highest BCUT2D eigenvalue weighted by molar-refractivity contribution is 5.99. The third kappa shape index (κ3) is 3.69. The van der Waals surface area contributed by atoms with Gasteiger partial charge in [0.05, 0.1) is 18.3 Å². The molecule has 1 heterocycles. The summed E-state index contributed by atoms with van der Waals surface area (Å²) in [5.74, 6) is -0.539. The zero-order valence-electron chi connectivity index (χ0n) is 14.0. The Morgan fingerprint density at radius 3 is 2.57 bits per heavy atom. The number of carbonyl (C=O) groups is 2. The molecule has 1 atom stereocenters. The van der Waals surface area contributed by atoms with Gasteiger partial charge in [0.2, 0.25) is 11.8 Å². The van der Waals surface area contributed by atoms with Crippen molar-refractivity contribution < 1.29 is 14.0 Å². The average Bonchev–Trinajstić information content (AvgIpc) is 2.90. The molecule has 0 saturated carbocycles.